The molecule has 0 fully saturated rings. The van der Waals surface area contributed by atoms with Crippen molar-refractivity contribution in [2.45, 2.75) is 97.3 Å². The first-order chi connectivity index (χ1) is 25.5. The monoisotopic (exact) mass is 737 g/mol. The zero-order valence-corrected chi connectivity index (χ0v) is 33.2. The predicted molar refractivity (Wildman–Crippen MR) is 217 cm³/mol. The molecule has 290 valence electrons. The molecule has 2 aromatic rings. The molecule has 3 amide bonds. The van der Waals surface area contributed by atoms with E-state index in [1.54, 1.807) is 4.90 Å². The maximum absolute atomic E-state index is 13.5. The number of anilines is 2. The van der Waals surface area contributed by atoms with Crippen LogP contribution >= 0.6 is 0 Å². The summed E-state index contributed by atoms with van der Waals surface area (Å²) in [7, 11) is 1.92. The van der Waals surface area contributed by atoms with Gasteiger partial charge in [0.05, 0.1) is 35.7 Å². The molecule has 0 aromatic heterocycles. The Bertz CT molecular complexity index is 1790. The molecule has 2 aromatic carbocycles. The van der Waals surface area contributed by atoms with Gasteiger partial charge in [-0.05, 0) is 95.8 Å². The Kier molecular flexibility index (Phi) is 14.3. The fraction of sp³-hybridized carbons (Fsp3) is 0.477. The van der Waals surface area contributed by atoms with Gasteiger partial charge in [0.1, 0.15) is 0 Å². The molecule has 10 heteroatoms. The molecule has 1 heterocycles. The molecule has 4 rings (SSSR count). The van der Waals surface area contributed by atoms with Gasteiger partial charge in [0, 0.05) is 54.2 Å². The maximum atomic E-state index is 13.5. The molecule has 1 aliphatic carbocycles. The first kappa shape index (κ1) is 41.9. The van der Waals surface area contributed by atoms with Crippen LogP contribution in [0.4, 0.5) is 11.4 Å². The number of hydrogen-bond acceptors (Lipinski definition) is 7. The zero-order valence-electron chi connectivity index (χ0n) is 33.2. The fourth-order valence-corrected chi connectivity index (χ4v) is 6.63. The average Bonchev–Trinajstić information content (AvgIpc) is 3.12. The van der Waals surface area contributed by atoms with Crippen LogP contribution in [0.25, 0.3) is 0 Å². The van der Waals surface area contributed by atoms with E-state index in [0.29, 0.717) is 6.54 Å². The molecule has 0 spiro atoms. The highest BCUT2D eigenvalue weighted by molar-refractivity contribution is 5.97. The van der Waals surface area contributed by atoms with Crippen LogP contribution in [0.15, 0.2) is 84.2 Å². The molecule has 10 nitrogen and oxygen atoms in total. The zero-order chi connectivity index (χ0) is 39.5. The highest BCUT2D eigenvalue weighted by Crippen LogP contribution is 2.30. The Morgan fingerprint density at radius 2 is 1.59 bits per heavy atom. The van der Waals surface area contributed by atoms with Crippen molar-refractivity contribution in [3.05, 3.63) is 95.3 Å². The van der Waals surface area contributed by atoms with Crippen molar-refractivity contribution in [1.29, 1.82) is 0 Å². The number of amides is 3. The van der Waals surface area contributed by atoms with Gasteiger partial charge in [-0.2, -0.15) is 0 Å². The lowest BCUT2D eigenvalue weighted by Crippen LogP contribution is -2.50. The topological polar surface area (TPSA) is 132 Å². The molecule has 1 aliphatic heterocycles. The van der Waals surface area contributed by atoms with Crippen LogP contribution in [-0.4, -0.2) is 73.3 Å². The Hall–Kier alpha value is -4.85. The van der Waals surface area contributed by atoms with E-state index in [2.05, 4.69) is 51.8 Å². The van der Waals surface area contributed by atoms with Crippen LogP contribution in [0, 0.1) is 17.3 Å². The number of nitrogens with one attached hydrogen (secondary N) is 4. The number of nitrogens with zero attached hydrogens (tertiary/aromatic N) is 1. The number of para-hydroxylation sites is 1. The summed E-state index contributed by atoms with van der Waals surface area (Å²) in [5.74, 6) is 6.20. The van der Waals surface area contributed by atoms with Gasteiger partial charge in [-0.1, -0.05) is 68.7 Å². The molecular formula is C44H59N5O5. The van der Waals surface area contributed by atoms with Gasteiger partial charge in [0.2, 0.25) is 17.7 Å². The Morgan fingerprint density at radius 3 is 2.26 bits per heavy atom. The Morgan fingerprint density at radius 1 is 0.926 bits per heavy atom. The third-order valence-electron chi connectivity index (χ3n) is 9.82. The van der Waals surface area contributed by atoms with Crippen molar-refractivity contribution in [3.8, 4) is 11.8 Å². The number of benzene rings is 2. The van der Waals surface area contributed by atoms with Crippen LogP contribution in [0.3, 0.4) is 0 Å². The fourth-order valence-electron chi connectivity index (χ4n) is 6.63. The smallest absolute Gasteiger partial charge is 0.239 e. The first-order valence-corrected chi connectivity index (χ1v) is 18.9. The molecule has 0 saturated carbocycles. The third-order valence-corrected chi connectivity index (χ3v) is 9.82. The van der Waals surface area contributed by atoms with Gasteiger partial charge in [-0.25, -0.2) is 0 Å². The molecule has 1 atom stereocenters. The molecule has 1 unspecified atom stereocenters. The lowest BCUT2D eigenvalue weighted by atomic mass is 9.82. The summed E-state index contributed by atoms with van der Waals surface area (Å²) >= 11 is 0. The summed E-state index contributed by atoms with van der Waals surface area (Å²) in [6.45, 7) is 16.3. The van der Waals surface area contributed by atoms with E-state index in [1.165, 1.54) is 0 Å². The molecular weight excluding hydrogens is 679 g/mol. The van der Waals surface area contributed by atoms with Crippen molar-refractivity contribution in [1.82, 2.24) is 16.0 Å². The van der Waals surface area contributed by atoms with Crippen LogP contribution in [0.5, 0.6) is 0 Å². The van der Waals surface area contributed by atoms with Crippen molar-refractivity contribution < 1.29 is 24.2 Å². The van der Waals surface area contributed by atoms with Crippen LogP contribution in [0.2, 0.25) is 0 Å². The molecule has 0 saturated heterocycles. The second-order valence-corrected chi connectivity index (χ2v) is 16.1. The second kappa shape index (κ2) is 18.5. The van der Waals surface area contributed by atoms with Crippen molar-refractivity contribution in [2.24, 2.45) is 5.41 Å². The molecule has 54 heavy (non-hydrogen) atoms. The number of rotatable bonds is 18. The number of aliphatic hydroxyl groups is 1. The van der Waals surface area contributed by atoms with E-state index < -0.39 is 11.2 Å². The number of likely N-dealkylation sites (N-methyl/N-ethyl adjacent to an activating group) is 1. The maximum Gasteiger partial charge on any atom is 0.239 e. The molecule has 2 aliphatic rings. The van der Waals surface area contributed by atoms with E-state index >= 15 is 0 Å². The predicted octanol–water partition coefficient (Wildman–Crippen LogP) is 6.35. The minimum Gasteiger partial charge on any atom is -0.512 e. The van der Waals surface area contributed by atoms with Gasteiger partial charge in [-0.15, -0.1) is 0 Å². The van der Waals surface area contributed by atoms with Crippen molar-refractivity contribution in [3.63, 3.8) is 0 Å². The Balaban J connectivity index is 1.19. The lowest BCUT2D eigenvalue weighted by Gasteiger charge is -2.36. The number of allylic oxidation sites excluding steroid dienone is 3. The summed E-state index contributed by atoms with van der Waals surface area (Å²) in [4.78, 5) is 41.0. The van der Waals surface area contributed by atoms with E-state index in [1.807, 2.05) is 97.1 Å². The molecule has 5 N–H and O–H groups in total. The summed E-state index contributed by atoms with van der Waals surface area (Å²) < 4.78 is 6.35. The van der Waals surface area contributed by atoms with E-state index in [0.717, 1.165) is 59.3 Å². The van der Waals surface area contributed by atoms with Crippen LogP contribution in [0.1, 0.15) is 84.8 Å². The van der Waals surface area contributed by atoms with E-state index in [9.17, 15) is 19.5 Å². The van der Waals surface area contributed by atoms with Gasteiger partial charge < -0.3 is 36.0 Å². The number of hydrogen-bond donors (Lipinski definition) is 5. The van der Waals surface area contributed by atoms with Gasteiger partial charge in [0.15, 0.2) is 0 Å². The number of aliphatic hydroxyl groups excluding tert-OH is 1. The lowest BCUT2D eigenvalue weighted by molar-refractivity contribution is -0.135. The summed E-state index contributed by atoms with van der Waals surface area (Å²) in [5, 5.41) is 22.3. The standard InChI is InChI=1S/C44H59N5O5/c1-31(50)42(2,3)26-37(45-8)25-32-17-21-36(22-18-32)46-27-40(52)48-30-44(6,7)54-43(4,5)29-47-39(51)23-24-41(53)49-28-35-15-10-9-13-33(35)19-20-34-14-11-12-16-38(34)49/h10-12,14-18,21-22,37,45-46,50H,1,9,13,23-30H2,2-8H3,(H,47,51)(H,48,52). The highest BCUT2D eigenvalue weighted by atomic mass is 16.5. The second-order valence-electron chi connectivity index (χ2n) is 16.1. The highest BCUT2D eigenvalue weighted by Gasteiger charge is 2.31. The number of ether oxygens (including phenoxy) is 1. The number of carbonyl (C=O) groups is 3. The largest absolute Gasteiger partial charge is 0.512 e. The average molecular weight is 738 g/mol. The third kappa shape index (κ3) is 12.6. The number of fused-ring (bicyclic) bond motifs is 1. The van der Waals surface area contributed by atoms with Gasteiger partial charge in [0.25, 0.3) is 0 Å². The minimum absolute atomic E-state index is 0.0477. The van der Waals surface area contributed by atoms with Gasteiger partial charge >= 0.3 is 0 Å². The Labute approximate surface area is 321 Å². The quantitative estimate of drug-likeness (QED) is 0.0891. The SMILES string of the molecule is C=C(O)C(C)(C)CC(Cc1ccc(NCC(=O)NCC(C)(C)OC(C)(C)CNC(=O)CCC(=O)N2CC3=C(C#Cc4ccccc42)CCC=C3)cc1)NC. The van der Waals surface area contributed by atoms with Crippen molar-refractivity contribution >= 4 is 29.1 Å². The van der Waals surface area contributed by atoms with E-state index in [4.69, 9.17) is 4.74 Å². The summed E-state index contributed by atoms with van der Waals surface area (Å²) in [6, 6.07) is 15.8. The first-order valence-electron chi connectivity index (χ1n) is 18.9. The van der Waals surface area contributed by atoms with Crippen LogP contribution in [-0.2, 0) is 25.5 Å². The van der Waals surface area contributed by atoms with Crippen LogP contribution < -0.4 is 26.2 Å². The normalized spacial score (nSPS) is 14.8. The molecule has 0 bridgehead atoms. The number of carbonyl (C=O) groups excluding carboxylic acids is 3. The summed E-state index contributed by atoms with van der Waals surface area (Å²) in [5.41, 5.74) is 3.81. The van der Waals surface area contributed by atoms with Gasteiger partial charge in [-0.3, -0.25) is 14.4 Å². The summed E-state index contributed by atoms with van der Waals surface area (Å²) in [6.07, 6.45) is 7.63. The van der Waals surface area contributed by atoms with Crippen molar-refractivity contribution in [2.75, 3.05) is 43.4 Å². The minimum atomic E-state index is -0.737. The molecule has 0 radical (unpaired) electrons. The van der Waals surface area contributed by atoms with E-state index in [-0.39, 0.29) is 67.4 Å².